The Kier molecular flexibility index (Phi) is 6.04. The number of hydrogen-bond acceptors (Lipinski definition) is 5. The molecule has 0 saturated heterocycles. The Bertz CT molecular complexity index is 651. The highest BCUT2D eigenvalue weighted by atomic mass is 16.5. The van der Waals surface area contributed by atoms with Gasteiger partial charge in [0.2, 0.25) is 0 Å². The SMILES string of the molecule is COC(=O)[C@H](O)C[C@@H](C)[C@H]1CC[C@H]2[C@@H]3CC[C@@H]4C[C@H](O)CC[C@]4(C)[C@H]3C[C@H](O)[C@]12C. The van der Waals surface area contributed by atoms with Gasteiger partial charge in [-0.15, -0.1) is 0 Å². The quantitative estimate of drug-likeness (QED) is 0.603. The minimum atomic E-state index is -1.08. The van der Waals surface area contributed by atoms with Crippen LogP contribution in [0.1, 0.15) is 78.6 Å². The lowest BCUT2D eigenvalue weighted by molar-refractivity contribution is -0.176. The Hall–Kier alpha value is -0.650. The Labute approximate surface area is 181 Å². The van der Waals surface area contributed by atoms with Gasteiger partial charge in [-0.25, -0.2) is 4.79 Å². The first-order chi connectivity index (χ1) is 14.1. The van der Waals surface area contributed by atoms with Gasteiger partial charge in [0.05, 0.1) is 19.3 Å². The van der Waals surface area contributed by atoms with Crippen LogP contribution in [0.4, 0.5) is 0 Å². The summed E-state index contributed by atoms with van der Waals surface area (Å²) >= 11 is 0. The molecule has 4 aliphatic rings. The molecule has 3 N–H and O–H groups in total. The maximum absolute atomic E-state index is 11.7. The molecule has 0 bridgehead atoms. The van der Waals surface area contributed by atoms with Crippen LogP contribution in [-0.4, -0.2) is 46.7 Å². The summed E-state index contributed by atoms with van der Waals surface area (Å²) in [5.74, 6) is 2.22. The molecule has 4 saturated carbocycles. The highest BCUT2D eigenvalue weighted by molar-refractivity contribution is 5.74. The molecule has 30 heavy (non-hydrogen) atoms. The van der Waals surface area contributed by atoms with Crippen LogP contribution in [0.2, 0.25) is 0 Å². The first-order valence-corrected chi connectivity index (χ1v) is 12.2. The van der Waals surface area contributed by atoms with E-state index >= 15 is 0 Å². The second-order valence-electron chi connectivity index (χ2n) is 11.6. The number of rotatable bonds is 4. The van der Waals surface area contributed by atoms with Crippen molar-refractivity contribution in [3.63, 3.8) is 0 Å². The molecular formula is C25H42O5. The predicted molar refractivity (Wildman–Crippen MR) is 114 cm³/mol. The highest BCUT2D eigenvalue weighted by Gasteiger charge is 2.63. The molecule has 0 radical (unpaired) electrons. The van der Waals surface area contributed by atoms with Crippen molar-refractivity contribution in [2.24, 2.45) is 46.3 Å². The summed E-state index contributed by atoms with van der Waals surface area (Å²) in [6, 6.07) is 0. The number of ether oxygens (including phenoxy) is 1. The fourth-order valence-corrected chi connectivity index (χ4v) is 8.91. The maximum atomic E-state index is 11.7. The van der Waals surface area contributed by atoms with E-state index < -0.39 is 12.1 Å². The van der Waals surface area contributed by atoms with Crippen LogP contribution < -0.4 is 0 Å². The van der Waals surface area contributed by atoms with Gasteiger partial charge in [-0.3, -0.25) is 0 Å². The van der Waals surface area contributed by atoms with Crippen LogP contribution in [0, 0.1) is 46.3 Å². The topological polar surface area (TPSA) is 87.0 Å². The van der Waals surface area contributed by atoms with Crippen LogP contribution in [-0.2, 0) is 9.53 Å². The number of esters is 1. The van der Waals surface area contributed by atoms with E-state index in [2.05, 4.69) is 20.8 Å². The van der Waals surface area contributed by atoms with Crippen molar-refractivity contribution in [3.05, 3.63) is 0 Å². The molecule has 0 aromatic heterocycles. The summed E-state index contributed by atoms with van der Waals surface area (Å²) in [6.07, 6.45) is 7.26. The molecule has 172 valence electrons. The van der Waals surface area contributed by atoms with E-state index in [4.69, 9.17) is 4.74 Å². The molecule has 5 heteroatoms. The Morgan fingerprint density at radius 2 is 1.80 bits per heavy atom. The van der Waals surface area contributed by atoms with Crippen LogP contribution in [0.25, 0.3) is 0 Å². The molecule has 0 aromatic rings. The Morgan fingerprint density at radius 3 is 2.50 bits per heavy atom. The second-order valence-corrected chi connectivity index (χ2v) is 11.6. The first-order valence-electron chi connectivity index (χ1n) is 12.2. The van der Waals surface area contributed by atoms with E-state index in [1.807, 2.05) is 0 Å². The average molecular weight is 423 g/mol. The summed E-state index contributed by atoms with van der Waals surface area (Å²) in [6.45, 7) is 6.86. The van der Waals surface area contributed by atoms with Crippen molar-refractivity contribution in [1.82, 2.24) is 0 Å². The number of methoxy groups -OCH3 is 1. The van der Waals surface area contributed by atoms with Gasteiger partial charge in [0.15, 0.2) is 6.10 Å². The third-order valence-corrected chi connectivity index (χ3v) is 10.6. The number of carbonyl (C=O) groups is 1. The molecule has 5 nitrogen and oxygen atoms in total. The van der Waals surface area contributed by atoms with Gasteiger partial charge in [0, 0.05) is 0 Å². The molecule has 0 aromatic carbocycles. The highest BCUT2D eigenvalue weighted by Crippen LogP contribution is 2.68. The van der Waals surface area contributed by atoms with Gasteiger partial charge in [-0.1, -0.05) is 20.8 Å². The van der Waals surface area contributed by atoms with E-state index in [1.54, 1.807) is 0 Å². The number of carbonyl (C=O) groups excluding carboxylic acids is 1. The van der Waals surface area contributed by atoms with Crippen molar-refractivity contribution in [3.8, 4) is 0 Å². The maximum Gasteiger partial charge on any atom is 0.334 e. The summed E-state index contributed by atoms with van der Waals surface area (Å²) in [5, 5.41) is 32.0. The van der Waals surface area contributed by atoms with Crippen molar-refractivity contribution < 1.29 is 24.9 Å². The summed E-state index contributed by atoms with van der Waals surface area (Å²) in [4.78, 5) is 11.7. The van der Waals surface area contributed by atoms with E-state index in [0.717, 1.165) is 38.5 Å². The molecule has 4 fully saturated rings. The zero-order chi connectivity index (χ0) is 21.8. The molecular weight excluding hydrogens is 380 g/mol. The molecule has 0 amide bonds. The lowest BCUT2D eigenvalue weighted by atomic mass is 9.43. The number of aliphatic hydroxyl groups is 3. The van der Waals surface area contributed by atoms with Crippen molar-refractivity contribution in [2.75, 3.05) is 7.11 Å². The first kappa shape index (κ1) is 22.5. The standard InChI is InChI=1S/C25H42O5/c1-14(11-21(27)23(29)30-4)18-7-8-19-17-6-5-15-12-16(26)9-10-24(15,2)20(17)13-22(28)25(18,19)3/h14-22,26-28H,5-13H2,1-4H3/t14-,15-,16-,17+,18-,19+,20+,21-,22+,24+,25-/m1/s1. The van der Waals surface area contributed by atoms with Gasteiger partial charge >= 0.3 is 5.97 Å². The lowest BCUT2D eigenvalue weighted by Gasteiger charge is -2.62. The number of fused-ring (bicyclic) bond motifs is 5. The van der Waals surface area contributed by atoms with Gasteiger partial charge < -0.3 is 20.1 Å². The molecule has 4 rings (SSSR count). The van der Waals surface area contributed by atoms with Crippen molar-refractivity contribution in [2.45, 2.75) is 96.9 Å². The van der Waals surface area contributed by atoms with Crippen molar-refractivity contribution in [1.29, 1.82) is 0 Å². The van der Waals surface area contributed by atoms with Gasteiger partial charge in [0.25, 0.3) is 0 Å². The Balaban J connectivity index is 1.54. The van der Waals surface area contributed by atoms with Crippen LogP contribution >= 0.6 is 0 Å². The third kappa shape index (κ3) is 3.34. The molecule has 0 heterocycles. The predicted octanol–water partition coefficient (Wildman–Crippen LogP) is 3.54. The molecule has 0 aliphatic heterocycles. The Morgan fingerprint density at radius 1 is 1.07 bits per heavy atom. The third-order valence-electron chi connectivity index (χ3n) is 10.6. The fourth-order valence-electron chi connectivity index (χ4n) is 8.91. The monoisotopic (exact) mass is 422 g/mol. The van der Waals surface area contributed by atoms with Gasteiger partial charge in [0.1, 0.15) is 0 Å². The van der Waals surface area contributed by atoms with E-state index in [1.165, 1.54) is 20.0 Å². The summed E-state index contributed by atoms with van der Waals surface area (Å²) in [7, 11) is 1.31. The van der Waals surface area contributed by atoms with E-state index in [-0.39, 0.29) is 29.0 Å². The van der Waals surface area contributed by atoms with Crippen LogP contribution in [0.5, 0.6) is 0 Å². The van der Waals surface area contributed by atoms with Gasteiger partial charge in [-0.2, -0.15) is 0 Å². The van der Waals surface area contributed by atoms with E-state index in [0.29, 0.717) is 36.0 Å². The van der Waals surface area contributed by atoms with Gasteiger partial charge in [-0.05, 0) is 104 Å². The number of hydrogen-bond donors (Lipinski definition) is 3. The summed E-state index contributed by atoms with van der Waals surface area (Å²) in [5.41, 5.74) is 0.100. The second kappa shape index (κ2) is 8.04. The fraction of sp³-hybridized carbons (Fsp3) is 0.960. The minimum Gasteiger partial charge on any atom is -0.467 e. The van der Waals surface area contributed by atoms with Crippen LogP contribution in [0.3, 0.4) is 0 Å². The number of aliphatic hydroxyl groups excluding tert-OH is 3. The molecule has 0 unspecified atom stereocenters. The largest absolute Gasteiger partial charge is 0.467 e. The van der Waals surface area contributed by atoms with Crippen molar-refractivity contribution >= 4 is 5.97 Å². The smallest absolute Gasteiger partial charge is 0.334 e. The normalized spacial score (nSPS) is 50.0. The minimum absolute atomic E-state index is 0.142. The molecule has 11 atom stereocenters. The zero-order valence-electron chi connectivity index (χ0n) is 19.2. The zero-order valence-corrected chi connectivity index (χ0v) is 19.2. The molecule has 4 aliphatic carbocycles. The molecule has 0 spiro atoms. The average Bonchev–Trinajstić information content (AvgIpc) is 3.07. The summed E-state index contributed by atoms with van der Waals surface area (Å²) < 4.78 is 4.71. The lowest BCUT2D eigenvalue weighted by Crippen LogP contribution is -2.58. The van der Waals surface area contributed by atoms with Crippen LogP contribution in [0.15, 0.2) is 0 Å². The van der Waals surface area contributed by atoms with E-state index in [9.17, 15) is 20.1 Å².